The van der Waals surface area contributed by atoms with Crippen molar-refractivity contribution in [2.45, 2.75) is 207 Å². The van der Waals surface area contributed by atoms with Gasteiger partial charge in [-0.1, -0.05) is 244 Å². The maximum atomic E-state index is 12.8. The summed E-state index contributed by atoms with van der Waals surface area (Å²) >= 11 is 0. The first-order valence-electron chi connectivity index (χ1n) is 26.5. The van der Waals surface area contributed by atoms with Crippen LogP contribution in [0.4, 0.5) is 0 Å². The van der Waals surface area contributed by atoms with Crippen molar-refractivity contribution in [1.29, 1.82) is 0 Å². The maximum Gasteiger partial charge on any atom is 0.306 e. The van der Waals surface area contributed by atoms with Crippen LogP contribution in [0.2, 0.25) is 0 Å². The third-order valence-corrected chi connectivity index (χ3v) is 10.6. The molecule has 1 unspecified atom stereocenters. The van der Waals surface area contributed by atoms with E-state index in [4.69, 9.17) is 14.2 Å². The van der Waals surface area contributed by atoms with Crippen molar-refractivity contribution in [3.63, 3.8) is 0 Å². The summed E-state index contributed by atoms with van der Waals surface area (Å²) in [6.45, 7) is 6.31. The highest BCUT2D eigenvalue weighted by molar-refractivity contribution is 5.71. The summed E-state index contributed by atoms with van der Waals surface area (Å²) < 4.78 is 16.7. The first-order chi connectivity index (χ1) is 33.0. The lowest BCUT2D eigenvalue weighted by atomic mass is 10.1. The van der Waals surface area contributed by atoms with Crippen molar-refractivity contribution in [2.24, 2.45) is 0 Å². The molecule has 6 heteroatoms. The zero-order valence-electron chi connectivity index (χ0n) is 42.6. The summed E-state index contributed by atoms with van der Waals surface area (Å²) in [4.78, 5) is 38.0. The van der Waals surface area contributed by atoms with Gasteiger partial charge in [0.15, 0.2) is 6.10 Å². The Balaban J connectivity index is 4.60. The van der Waals surface area contributed by atoms with E-state index in [2.05, 4.69) is 112 Å². The molecule has 0 heterocycles. The van der Waals surface area contributed by atoms with E-state index in [1.54, 1.807) is 0 Å². The number of carbonyl (C=O) groups excluding carboxylic acids is 3. The van der Waals surface area contributed by atoms with Crippen LogP contribution in [-0.2, 0) is 28.6 Å². The topological polar surface area (TPSA) is 78.9 Å². The third kappa shape index (κ3) is 52.1. The van der Waals surface area contributed by atoms with Gasteiger partial charge in [0, 0.05) is 19.3 Å². The Morgan fingerprint density at radius 3 is 1.00 bits per heavy atom. The average molecular weight is 923 g/mol. The lowest BCUT2D eigenvalue weighted by Crippen LogP contribution is -2.30. The van der Waals surface area contributed by atoms with Gasteiger partial charge >= 0.3 is 17.9 Å². The molecule has 0 saturated carbocycles. The summed E-state index contributed by atoms with van der Waals surface area (Å²) in [5, 5.41) is 0. The normalized spacial score (nSPS) is 13.3. The van der Waals surface area contributed by atoms with Crippen molar-refractivity contribution in [3.8, 4) is 0 Å². The van der Waals surface area contributed by atoms with E-state index in [-0.39, 0.29) is 44.0 Å². The molecule has 0 saturated heterocycles. The fourth-order valence-corrected chi connectivity index (χ4v) is 6.60. The number of ether oxygens (including phenoxy) is 3. The maximum absolute atomic E-state index is 12.8. The molecule has 0 radical (unpaired) electrons. The fourth-order valence-electron chi connectivity index (χ4n) is 6.60. The molecule has 0 aliphatic carbocycles. The van der Waals surface area contributed by atoms with Crippen LogP contribution in [0.15, 0.2) is 146 Å². The highest BCUT2D eigenvalue weighted by Crippen LogP contribution is 2.12. The molecule has 0 bridgehead atoms. The second-order valence-electron chi connectivity index (χ2n) is 17.0. The Morgan fingerprint density at radius 2 is 0.597 bits per heavy atom. The fraction of sp³-hybridized carbons (Fsp3) is 0.557. The number of rotatable bonds is 45. The van der Waals surface area contributed by atoms with Crippen LogP contribution in [0.5, 0.6) is 0 Å². The Labute approximate surface area is 410 Å². The van der Waals surface area contributed by atoms with E-state index >= 15 is 0 Å². The van der Waals surface area contributed by atoms with Crippen molar-refractivity contribution in [1.82, 2.24) is 0 Å². The molecule has 0 aromatic rings. The van der Waals surface area contributed by atoms with Crippen LogP contribution in [0.1, 0.15) is 201 Å². The smallest absolute Gasteiger partial charge is 0.306 e. The predicted molar refractivity (Wildman–Crippen MR) is 288 cm³/mol. The minimum atomic E-state index is -0.834. The molecule has 0 rings (SSSR count). The number of carbonyl (C=O) groups is 3. The second kappa shape index (κ2) is 53.9. The van der Waals surface area contributed by atoms with Gasteiger partial charge in [-0.05, 0) is 83.5 Å². The zero-order valence-corrected chi connectivity index (χ0v) is 42.6. The molecule has 1 atom stereocenters. The molecular formula is C61H94O6. The predicted octanol–water partition coefficient (Wildman–Crippen LogP) is 17.6. The number of hydrogen-bond donors (Lipinski definition) is 0. The van der Waals surface area contributed by atoms with Crippen molar-refractivity contribution < 1.29 is 28.6 Å². The first kappa shape index (κ1) is 62.3. The van der Waals surface area contributed by atoms with E-state index in [0.717, 1.165) is 103 Å². The number of unbranched alkanes of at least 4 members (excludes halogenated alkanes) is 19. The molecule has 0 aliphatic rings. The van der Waals surface area contributed by atoms with E-state index in [9.17, 15) is 14.4 Å². The Hall–Kier alpha value is -4.71. The highest BCUT2D eigenvalue weighted by atomic mass is 16.6. The molecule has 0 aromatic carbocycles. The summed E-state index contributed by atoms with van der Waals surface area (Å²) in [7, 11) is 0. The lowest BCUT2D eigenvalue weighted by Gasteiger charge is -2.18. The third-order valence-electron chi connectivity index (χ3n) is 10.6. The molecule has 6 nitrogen and oxygen atoms in total. The zero-order chi connectivity index (χ0) is 48.6. The molecule has 374 valence electrons. The van der Waals surface area contributed by atoms with Crippen LogP contribution in [0.3, 0.4) is 0 Å². The van der Waals surface area contributed by atoms with Crippen LogP contribution in [0, 0.1) is 0 Å². The average Bonchev–Trinajstić information content (AvgIpc) is 3.33. The first-order valence-corrected chi connectivity index (χ1v) is 26.5. The van der Waals surface area contributed by atoms with Gasteiger partial charge in [0.25, 0.3) is 0 Å². The van der Waals surface area contributed by atoms with E-state index < -0.39 is 6.10 Å². The Morgan fingerprint density at radius 1 is 0.313 bits per heavy atom. The monoisotopic (exact) mass is 923 g/mol. The Bertz CT molecular complexity index is 1530. The molecule has 0 fully saturated rings. The van der Waals surface area contributed by atoms with Gasteiger partial charge < -0.3 is 14.2 Å². The van der Waals surface area contributed by atoms with Crippen LogP contribution in [-0.4, -0.2) is 37.2 Å². The van der Waals surface area contributed by atoms with Gasteiger partial charge in [-0.2, -0.15) is 0 Å². The Kier molecular flexibility index (Phi) is 50.1. The van der Waals surface area contributed by atoms with Gasteiger partial charge in [-0.25, -0.2) is 0 Å². The van der Waals surface area contributed by atoms with Crippen LogP contribution in [0.25, 0.3) is 0 Å². The quantitative estimate of drug-likeness (QED) is 0.0262. The van der Waals surface area contributed by atoms with E-state index in [0.29, 0.717) is 12.8 Å². The van der Waals surface area contributed by atoms with Gasteiger partial charge in [-0.3, -0.25) is 14.4 Å². The number of esters is 3. The minimum absolute atomic E-state index is 0.128. The molecule has 0 aromatic heterocycles. The summed E-state index contributed by atoms with van der Waals surface area (Å²) in [5.74, 6) is -1.06. The molecule has 0 amide bonds. The van der Waals surface area contributed by atoms with Gasteiger partial charge in [0.1, 0.15) is 13.2 Å². The summed E-state index contributed by atoms with van der Waals surface area (Å²) in [6, 6.07) is 0. The van der Waals surface area contributed by atoms with Gasteiger partial charge in [-0.15, -0.1) is 0 Å². The molecular weight excluding hydrogens is 829 g/mol. The van der Waals surface area contributed by atoms with Gasteiger partial charge in [0.2, 0.25) is 0 Å². The van der Waals surface area contributed by atoms with Gasteiger partial charge in [0.05, 0.1) is 0 Å². The van der Waals surface area contributed by atoms with Crippen molar-refractivity contribution in [3.05, 3.63) is 146 Å². The SMILES string of the molecule is CC\C=C/C=C\C=C/C=C\C=C/CCCC(=O)OCC(COC(=O)CCCCCCC\C=C/C=C\C=C/C=C\CCCCC)OC(=O)CCCCCCC\C=C/C=C\C=C/CCCCCCC. The van der Waals surface area contributed by atoms with Crippen LogP contribution < -0.4 is 0 Å². The number of allylic oxidation sites excluding steroid dienone is 24. The second-order valence-corrected chi connectivity index (χ2v) is 17.0. The largest absolute Gasteiger partial charge is 0.462 e. The molecule has 67 heavy (non-hydrogen) atoms. The number of hydrogen-bond acceptors (Lipinski definition) is 6. The minimum Gasteiger partial charge on any atom is -0.462 e. The summed E-state index contributed by atoms with van der Waals surface area (Å²) in [6.07, 6.45) is 76.9. The van der Waals surface area contributed by atoms with E-state index in [1.165, 1.54) is 51.4 Å². The molecule has 0 N–H and O–H groups in total. The lowest BCUT2D eigenvalue weighted by molar-refractivity contribution is -0.167. The molecule has 0 spiro atoms. The van der Waals surface area contributed by atoms with E-state index in [1.807, 2.05) is 54.7 Å². The van der Waals surface area contributed by atoms with Crippen LogP contribution >= 0.6 is 0 Å². The summed E-state index contributed by atoms with van der Waals surface area (Å²) in [5.41, 5.74) is 0. The van der Waals surface area contributed by atoms with Crippen molar-refractivity contribution in [2.75, 3.05) is 13.2 Å². The standard InChI is InChI=1S/C61H94O6/c1-4-7-10-13-16-19-22-25-27-29-31-33-36-39-42-45-48-51-54-60(63)66-57-58(56-65-59(62)53-50-47-44-41-38-35-24-21-18-15-12-9-6-3)67-61(64)55-52-49-46-43-40-37-34-32-30-28-26-23-20-17-14-11-8-5-2/h9,12,15-16,18-19,21-35,38,41,44,58H,4-8,10-11,13-14,17,20,36-37,39-40,42-43,45-57H2,1-3H3/b12-9-,18-15-,19-16-,24-21-,25-22-,26-23-,29-27-,30-28-,33-31-,34-32-,38-35-,44-41-. The molecule has 0 aliphatic heterocycles. The highest BCUT2D eigenvalue weighted by Gasteiger charge is 2.19. The van der Waals surface area contributed by atoms with Crippen molar-refractivity contribution >= 4 is 17.9 Å².